The number of esters is 1. The van der Waals surface area contributed by atoms with Crippen LogP contribution in [0.1, 0.15) is 92.9 Å². The molecule has 228 valence electrons. The molecule has 6 nitrogen and oxygen atoms in total. The zero-order chi connectivity index (χ0) is 29.9. The molecule has 0 radical (unpaired) electrons. The number of carbonyl (C=O) groups excluding carboxylic acids is 2. The molecular weight excluding hydrogens is 532 g/mol. The van der Waals surface area contributed by atoms with Gasteiger partial charge in [-0.05, 0) is 124 Å². The lowest BCUT2D eigenvalue weighted by atomic mass is 9.44. The number of cyclic esters (lactones) is 1. The Kier molecular flexibility index (Phi) is 6.80. The average Bonchev–Trinajstić information content (AvgIpc) is 3.51. The molecule has 11 atom stereocenters. The maximum absolute atomic E-state index is 13.4. The molecule has 0 aromatic rings. The van der Waals surface area contributed by atoms with E-state index in [-0.39, 0.29) is 46.2 Å². The van der Waals surface area contributed by atoms with Gasteiger partial charge in [-0.25, -0.2) is 4.79 Å². The molecule has 5 unspecified atom stereocenters. The Morgan fingerprint density at radius 1 is 1.15 bits per heavy atom. The zero-order valence-corrected chi connectivity index (χ0v) is 27.5. The van der Waals surface area contributed by atoms with E-state index in [1.807, 2.05) is 13.1 Å². The van der Waals surface area contributed by atoms with Crippen LogP contribution in [0.25, 0.3) is 0 Å². The third-order valence-electron chi connectivity index (χ3n) is 14.1. The van der Waals surface area contributed by atoms with Crippen molar-refractivity contribution < 1.29 is 29.0 Å². The lowest BCUT2D eigenvalue weighted by Gasteiger charge is -2.58. The summed E-state index contributed by atoms with van der Waals surface area (Å²) in [4.78, 5) is 37.5. The minimum absolute atomic E-state index is 0.0361. The lowest BCUT2D eigenvalue weighted by Crippen LogP contribution is -2.63. The molecule has 4 aliphatic carbocycles. The highest BCUT2D eigenvalue weighted by Crippen LogP contribution is 2.73. The molecule has 0 bridgehead atoms. The van der Waals surface area contributed by atoms with Gasteiger partial charge in [0, 0.05) is 12.0 Å². The standard InChI is InChI=1S/C34H52O6Si/c1-19-17-26(39-30(37)21(19)13-15-31(3,4)41(7,8)38)20(2)23-9-10-24-22-18-29-34(40-29)28(36)12-11-27(35)33(34,6)25(22)14-16-32(23,24)5/h11-12,20,22-26,28-29,36,38H,9-10,13-18H2,1-8H3/t20-,22?,23?,24?,25?,26?,28+,29+,32+,33-,34+/m0/s1. The summed E-state index contributed by atoms with van der Waals surface area (Å²) in [5, 5.41) is 10.8. The summed E-state index contributed by atoms with van der Waals surface area (Å²) < 4.78 is 12.5. The number of aliphatic hydroxyl groups is 1. The van der Waals surface area contributed by atoms with Gasteiger partial charge in [0.15, 0.2) is 14.1 Å². The minimum atomic E-state index is -2.34. The van der Waals surface area contributed by atoms with Crippen molar-refractivity contribution in [2.75, 3.05) is 0 Å². The molecule has 2 N–H and O–H groups in total. The van der Waals surface area contributed by atoms with Crippen LogP contribution in [-0.2, 0) is 19.1 Å². The van der Waals surface area contributed by atoms with E-state index in [1.54, 1.807) is 12.2 Å². The maximum Gasteiger partial charge on any atom is 0.334 e. The highest BCUT2D eigenvalue weighted by molar-refractivity contribution is 6.72. The predicted octanol–water partition coefficient (Wildman–Crippen LogP) is 6.12. The van der Waals surface area contributed by atoms with E-state index in [0.29, 0.717) is 24.2 Å². The van der Waals surface area contributed by atoms with Crippen LogP contribution in [0.15, 0.2) is 23.3 Å². The molecule has 6 rings (SSSR count). The first-order valence-corrected chi connectivity index (χ1v) is 19.1. The fourth-order valence-corrected chi connectivity index (χ4v) is 11.3. The van der Waals surface area contributed by atoms with Gasteiger partial charge in [0.05, 0.1) is 11.5 Å². The number of hydrogen-bond acceptors (Lipinski definition) is 6. The van der Waals surface area contributed by atoms with Crippen molar-refractivity contribution >= 4 is 20.1 Å². The van der Waals surface area contributed by atoms with Crippen LogP contribution in [-0.4, -0.2) is 53.9 Å². The van der Waals surface area contributed by atoms with Gasteiger partial charge >= 0.3 is 5.97 Å². The van der Waals surface area contributed by atoms with Gasteiger partial charge in [0.1, 0.15) is 17.8 Å². The number of ketones is 1. The third kappa shape index (κ3) is 4.04. The molecular formula is C34H52O6Si. The van der Waals surface area contributed by atoms with E-state index in [1.165, 1.54) is 0 Å². The van der Waals surface area contributed by atoms with Crippen LogP contribution in [0.3, 0.4) is 0 Å². The van der Waals surface area contributed by atoms with Gasteiger partial charge in [-0.3, -0.25) is 4.79 Å². The van der Waals surface area contributed by atoms with Crippen LogP contribution in [0.5, 0.6) is 0 Å². The summed E-state index contributed by atoms with van der Waals surface area (Å²) in [6.07, 6.45) is 9.91. The smallest absolute Gasteiger partial charge is 0.334 e. The topological polar surface area (TPSA) is 96.4 Å². The van der Waals surface area contributed by atoms with E-state index in [9.17, 15) is 19.5 Å². The lowest BCUT2D eigenvalue weighted by molar-refractivity contribution is -0.155. The Labute approximate surface area is 247 Å². The van der Waals surface area contributed by atoms with E-state index in [0.717, 1.165) is 56.1 Å². The quantitative estimate of drug-likeness (QED) is 0.222. The third-order valence-corrected chi connectivity index (χ3v) is 17.7. The second kappa shape index (κ2) is 9.36. The minimum Gasteiger partial charge on any atom is -0.458 e. The Morgan fingerprint density at radius 3 is 2.51 bits per heavy atom. The van der Waals surface area contributed by atoms with Crippen molar-refractivity contribution in [3.05, 3.63) is 23.3 Å². The van der Waals surface area contributed by atoms with Crippen LogP contribution < -0.4 is 0 Å². The number of ether oxygens (including phenoxy) is 2. The Balaban J connectivity index is 1.18. The van der Waals surface area contributed by atoms with Crippen molar-refractivity contribution in [2.24, 2.45) is 40.4 Å². The molecule has 0 aromatic heterocycles. The fourth-order valence-electron chi connectivity index (χ4n) is 10.6. The zero-order valence-electron chi connectivity index (χ0n) is 26.5. The molecule has 3 saturated carbocycles. The van der Waals surface area contributed by atoms with E-state index < -0.39 is 25.4 Å². The second-order valence-corrected chi connectivity index (χ2v) is 20.8. The number of allylic oxidation sites excluding steroid dienone is 1. The molecule has 41 heavy (non-hydrogen) atoms. The number of epoxide rings is 1. The van der Waals surface area contributed by atoms with Crippen molar-refractivity contribution in [2.45, 2.75) is 135 Å². The van der Waals surface area contributed by atoms with Gasteiger partial charge in [0.25, 0.3) is 0 Å². The molecule has 2 aliphatic heterocycles. The number of aliphatic hydroxyl groups excluding tert-OH is 1. The summed E-state index contributed by atoms with van der Waals surface area (Å²) >= 11 is 0. The summed E-state index contributed by atoms with van der Waals surface area (Å²) in [5.74, 6) is 1.87. The van der Waals surface area contributed by atoms with Crippen LogP contribution in [0.2, 0.25) is 18.1 Å². The summed E-state index contributed by atoms with van der Waals surface area (Å²) in [5.41, 5.74) is 0.733. The molecule has 2 heterocycles. The molecule has 0 amide bonds. The first-order chi connectivity index (χ1) is 19.0. The number of hydrogen-bond donors (Lipinski definition) is 2. The average molecular weight is 585 g/mol. The first kappa shape index (κ1) is 29.8. The number of fused-ring (bicyclic) bond motifs is 4. The molecule has 1 saturated heterocycles. The van der Waals surface area contributed by atoms with E-state index in [4.69, 9.17) is 9.47 Å². The second-order valence-electron chi connectivity index (χ2n) is 16.3. The van der Waals surface area contributed by atoms with Gasteiger partial charge in [0.2, 0.25) is 0 Å². The Hall–Kier alpha value is -1.28. The van der Waals surface area contributed by atoms with Gasteiger partial charge in [-0.15, -0.1) is 0 Å². The van der Waals surface area contributed by atoms with Crippen LogP contribution in [0, 0.1) is 40.4 Å². The fraction of sp³-hybridized carbons (Fsp3) is 0.824. The normalized spacial score (nSPS) is 46.3. The monoisotopic (exact) mass is 584 g/mol. The summed E-state index contributed by atoms with van der Waals surface area (Å²) in [7, 11) is -2.34. The highest BCUT2D eigenvalue weighted by atomic mass is 28.4. The predicted molar refractivity (Wildman–Crippen MR) is 160 cm³/mol. The summed E-state index contributed by atoms with van der Waals surface area (Å²) in [6, 6.07) is 0. The first-order valence-electron chi connectivity index (χ1n) is 16.2. The number of rotatable bonds is 6. The van der Waals surface area contributed by atoms with Crippen molar-refractivity contribution in [3.63, 3.8) is 0 Å². The molecule has 1 spiro atoms. The van der Waals surface area contributed by atoms with Crippen molar-refractivity contribution in [3.8, 4) is 0 Å². The van der Waals surface area contributed by atoms with Gasteiger partial charge in [-0.2, -0.15) is 0 Å². The SMILES string of the molecule is CC1=C(CCC(C)(C)[Si](C)(C)O)C(=O)OC([C@@H](C)C2CCC3C4C[C@H]5O[C@]56[C@H](O)C=CC(=O)[C@]6(C)C4CC[C@@]32C)C1. The highest BCUT2D eigenvalue weighted by Gasteiger charge is 2.80. The van der Waals surface area contributed by atoms with Gasteiger partial charge < -0.3 is 19.4 Å². The number of carbonyl (C=O) groups is 2. The largest absolute Gasteiger partial charge is 0.458 e. The van der Waals surface area contributed by atoms with Gasteiger partial charge in [-0.1, -0.05) is 33.3 Å². The molecule has 0 aromatic carbocycles. The van der Waals surface area contributed by atoms with E-state index >= 15 is 0 Å². The summed E-state index contributed by atoms with van der Waals surface area (Å²) in [6.45, 7) is 17.1. The Morgan fingerprint density at radius 2 is 1.85 bits per heavy atom. The van der Waals surface area contributed by atoms with Crippen molar-refractivity contribution in [1.82, 2.24) is 0 Å². The van der Waals surface area contributed by atoms with E-state index in [2.05, 4.69) is 41.5 Å². The van der Waals surface area contributed by atoms with Crippen LogP contribution in [0.4, 0.5) is 0 Å². The maximum atomic E-state index is 13.4. The molecule has 6 aliphatic rings. The van der Waals surface area contributed by atoms with Crippen LogP contribution >= 0.6 is 0 Å². The van der Waals surface area contributed by atoms with Crippen molar-refractivity contribution in [1.29, 1.82) is 0 Å². The molecule has 4 fully saturated rings. The molecule has 7 heteroatoms. The Bertz CT molecular complexity index is 1200.